The van der Waals surface area contributed by atoms with Gasteiger partial charge in [-0.2, -0.15) is 0 Å². The molecule has 1 amide bonds. The highest BCUT2D eigenvalue weighted by molar-refractivity contribution is 8.00. The SMILES string of the molecule is CCn1cc2c3c(cc(C(=O)N[C@@H](Cc4ccccc4)[C@H](O)CNc4ccc(OC)cc4C)cc31)N(C)SCC2. The van der Waals surface area contributed by atoms with E-state index >= 15 is 0 Å². The van der Waals surface area contributed by atoms with E-state index in [9.17, 15) is 9.90 Å². The number of nitrogens with zero attached hydrogens (tertiary/aromatic N) is 2. The van der Waals surface area contributed by atoms with Gasteiger partial charge < -0.3 is 29.3 Å². The molecule has 0 saturated carbocycles. The lowest BCUT2D eigenvalue weighted by Gasteiger charge is -2.26. The van der Waals surface area contributed by atoms with E-state index in [1.807, 2.05) is 67.6 Å². The monoisotopic (exact) mass is 558 g/mol. The Morgan fingerprint density at radius 3 is 2.67 bits per heavy atom. The number of anilines is 2. The van der Waals surface area contributed by atoms with Gasteiger partial charge in [-0.3, -0.25) is 4.79 Å². The molecule has 0 aliphatic carbocycles. The highest BCUT2D eigenvalue weighted by atomic mass is 32.2. The summed E-state index contributed by atoms with van der Waals surface area (Å²) in [4.78, 5) is 13.8. The minimum absolute atomic E-state index is 0.188. The number of carbonyl (C=O) groups excluding carboxylic acids is 1. The summed E-state index contributed by atoms with van der Waals surface area (Å²) in [5.41, 5.74) is 7.05. The molecule has 0 fully saturated rings. The first-order valence-electron chi connectivity index (χ1n) is 13.8. The molecule has 5 rings (SSSR count). The molecule has 40 heavy (non-hydrogen) atoms. The molecule has 1 aliphatic heterocycles. The van der Waals surface area contributed by atoms with Crippen LogP contribution in [0.25, 0.3) is 10.9 Å². The molecule has 0 radical (unpaired) electrons. The first-order chi connectivity index (χ1) is 19.4. The van der Waals surface area contributed by atoms with Gasteiger partial charge in [-0.05, 0) is 85.7 Å². The van der Waals surface area contributed by atoms with Crippen LogP contribution in [0.1, 0.15) is 34.0 Å². The van der Waals surface area contributed by atoms with Crippen LogP contribution >= 0.6 is 11.9 Å². The Bertz CT molecular complexity index is 1490. The van der Waals surface area contributed by atoms with Crippen LogP contribution in [-0.4, -0.2) is 54.2 Å². The summed E-state index contributed by atoms with van der Waals surface area (Å²) in [7, 11) is 3.71. The normalized spacial score (nSPS) is 14.5. The fourth-order valence-electron chi connectivity index (χ4n) is 5.40. The summed E-state index contributed by atoms with van der Waals surface area (Å²) < 4.78 is 9.71. The highest BCUT2D eigenvalue weighted by Gasteiger charge is 2.25. The van der Waals surface area contributed by atoms with Crippen molar-refractivity contribution in [3.8, 4) is 5.75 Å². The minimum Gasteiger partial charge on any atom is -0.497 e. The Morgan fingerprint density at radius 2 is 1.95 bits per heavy atom. The Balaban J connectivity index is 1.41. The second-order valence-corrected chi connectivity index (χ2v) is 11.5. The van der Waals surface area contributed by atoms with Gasteiger partial charge in [0.15, 0.2) is 0 Å². The number of ether oxygens (including phenoxy) is 1. The van der Waals surface area contributed by atoms with E-state index in [4.69, 9.17) is 4.74 Å². The Labute approximate surface area is 240 Å². The molecule has 3 aromatic carbocycles. The zero-order valence-electron chi connectivity index (χ0n) is 23.6. The largest absolute Gasteiger partial charge is 0.497 e. The summed E-state index contributed by atoms with van der Waals surface area (Å²) in [5.74, 6) is 1.60. The molecule has 8 heteroatoms. The van der Waals surface area contributed by atoms with Gasteiger partial charge in [0.25, 0.3) is 5.91 Å². The van der Waals surface area contributed by atoms with E-state index in [1.54, 1.807) is 19.1 Å². The average molecular weight is 559 g/mol. The van der Waals surface area contributed by atoms with Crippen molar-refractivity contribution in [1.82, 2.24) is 9.88 Å². The number of nitrogens with one attached hydrogen (secondary N) is 2. The molecule has 1 aliphatic rings. The lowest BCUT2D eigenvalue weighted by molar-refractivity contribution is 0.0851. The lowest BCUT2D eigenvalue weighted by Crippen LogP contribution is -2.47. The second-order valence-electron chi connectivity index (χ2n) is 10.3. The smallest absolute Gasteiger partial charge is 0.251 e. The molecule has 2 heterocycles. The number of aryl methyl sites for hydroxylation is 3. The van der Waals surface area contributed by atoms with Crippen LogP contribution in [0, 0.1) is 6.92 Å². The number of hydrogen-bond acceptors (Lipinski definition) is 6. The number of rotatable bonds is 10. The molecule has 210 valence electrons. The van der Waals surface area contributed by atoms with Crippen LogP contribution in [0.2, 0.25) is 0 Å². The van der Waals surface area contributed by atoms with Crippen molar-refractivity contribution in [2.75, 3.05) is 36.1 Å². The van der Waals surface area contributed by atoms with E-state index in [0.717, 1.165) is 52.5 Å². The van der Waals surface area contributed by atoms with Crippen molar-refractivity contribution in [3.05, 3.63) is 89.1 Å². The van der Waals surface area contributed by atoms with Gasteiger partial charge in [0.1, 0.15) is 5.75 Å². The van der Waals surface area contributed by atoms with Crippen LogP contribution in [0.15, 0.2) is 66.9 Å². The third kappa shape index (κ3) is 5.93. The maximum Gasteiger partial charge on any atom is 0.251 e. The molecule has 7 nitrogen and oxygen atoms in total. The Hall–Kier alpha value is -3.62. The number of hydrogen-bond donors (Lipinski definition) is 3. The van der Waals surface area contributed by atoms with Gasteiger partial charge >= 0.3 is 0 Å². The maximum atomic E-state index is 13.8. The minimum atomic E-state index is -0.819. The van der Waals surface area contributed by atoms with Crippen molar-refractivity contribution in [3.63, 3.8) is 0 Å². The summed E-state index contributed by atoms with van der Waals surface area (Å²) in [6.07, 6.45) is 2.92. The van der Waals surface area contributed by atoms with Crippen LogP contribution in [0.3, 0.4) is 0 Å². The predicted molar refractivity (Wildman–Crippen MR) is 166 cm³/mol. The third-order valence-electron chi connectivity index (χ3n) is 7.65. The Morgan fingerprint density at radius 1 is 1.15 bits per heavy atom. The third-order valence-corrected chi connectivity index (χ3v) is 8.62. The zero-order valence-corrected chi connectivity index (χ0v) is 24.4. The summed E-state index contributed by atoms with van der Waals surface area (Å²) in [6.45, 7) is 5.25. The van der Waals surface area contributed by atoms with E-state index in [-0.39, 0.29) is 12.5 Å². The number of methoxy groups -OCH3 is 1. The van der Waals surface area contributed by atoms with E-state index in [1.165, 1.54) is 10.9 Å². The summed E-state index contributed by atoms with van der Waals surface area (Å²) in [6, 6.07) is 19.3. The molecule has 4 aromatic rings. The number of aromatic nitrogens is 1. The van der Waals surface area contributed by atoms with Gasteiger partial charge in [-0.1, -0.05) is 30.3 Å². The van der Waals surface area contributed by atoms with Crippen molar-refractivity contribution in [1.29, 1.82) is 0 Å². The van der Waals surface area contributed by atoms with Crippen LogP contribution in [0.5, 0.6) is 5.75 Å². The van der Waals surface area contributed by atoms with Crippen molar-refractivity contribution >= 4 is 40.1 Å². The van der Waals surface area contributed by atoms with Gasteiger partial charge in [-0.25, -0.2) is 0 Å². The van der Waals surface area contributed by atoms with Gasteiger partial charge in [0.05, 0.1) is 30.5 Å². The summed E-state index contributed by atoms with van der Waals surface area (Å²) in [5, 5.41) is 19.1. The second kappa shape index (κ2) is 12.3. The van der Waals surface area contributed by atoms with Gasteiger partial charge in [0.2, 0.25) is 0 Å². The predicted octanol–water partition coefficient (Wildman–Crippen LogP) is 5.43. The van der Waals surface area contributed by atoms with Crippen LogP contribution in [-0.2, 0) is 19.4 Å². The average Bonchev–Trinajstić information content (AvgIpc) is 3.24. The van der Waals surface area contributed by atoms with Crippen molar-refractivity contribution in [2.45, 2.75) is 45.4 Å². The highest BCUT2D eigenvalue weighted by Crippen LogP contribution is 2.38. The molecule has 0 spiro atoms. The van der Waals surface area contributed by atoms with Gasteiger partial charge in [0, 0.05) is 48.7 Å². The van der Waals surface area contributed by atoms with Crippen LogP contribution in [0.4, 0.5) is 11.4 Å². The number of amides is 1. The lowest BCUT2D eigenvalue weighted by atomic mass is 9.99. The number of aliphatic hydroxyl groups excluding tert-OH is 1. The molecule has 0 bridgehead atoms. The van der Waals surface area contributed by atoms with E-state index < -0.39 is 12.1 Å². The summed E-state index contributed by atoms with van der Waals surface area (Å²) >= 11 is 1.77. The molecule has 1 aromatic heterocycles. The first-order valence-corrected chi connectivity index (χ1v) is 14.8. The van der Waals surface area contributed by atoms with Crippen molar-refractivity contribution < 1.29 is 14.6 Å². The standard InChI is InChI=1S/C32H38N4O3S/c1-5-36-20-23-13-14-40-35(3)28-17-24(18-29(36)31(23)28)32(38)34-27(16-22-9-7-6-8-10-22)30(37)19-33-26-12-11-25(39-4)15-21(26)2/h6-12,15,17-18,20,27,30,33,37H,5,13-14,16,19H2,1-4H3,(H,34,38)/t27-,30+/m0/s1. The van der Waals surface area contributed by atoms with E-state index in [0.29, 0.717) is 12.0 Å². The quantitative estimate of drug-likeness (QED) is 0.225. The molecule has 0 saturated heterocycles. The topological polar surface area (TPSA) is 78.8 Å². The number of benzene rings is 3. The Kier molecular flexibility index (Phi) is 8.57. The fraction of sp³-hybridized carbons (Fsp3) is 0.344. The number of carbonyl (C=O) groups is 1. The first kappa shape index (κ1) is 27.9. The fourth-order valence-corrected chi connectivity index (χ4v) is 6.27. The van der Waals surface area contributed by atoms with Crippen molar-refractivity contribution in [2.24, 2.45) is 0 Å². The van der Waals surface area contributed by atoms with Gasteiger partial charge in [-0.15, -0.1) is 0 Å². The molecule has 3 N–H and O–H groups in total. The molecule has 2 atom stereocenters. The molecular weight excluding hydrogens is 520 g/mol. The zero-order chi connectivity index (χ0) is 28.2. The van der Waals surface area contributed by atoms with E-state index in [2.05, 4.69) is 39.7 Å². The number of aliphatic hydroxyl groups is 1. The molecular formula is C32H38N4O3S. The maximum absolute atomic E-state index is 13.8. The van der Waals surface area contributed by atoms with Crippen LogP contribution < -0.4 is 19.7 Å². The molecule has 0 unspecified atom stereocenters.